The summed E-state index contributed by atoms with van der Waals surface area (Å²) in [5, 5.41) is 3.45. The second-order valence-corrected chi connectivity index (χ2v) is 5.85. The van der Waals surface area contributed by atoms with Crippen LogP contribution in [0.5, 0.6) is 0 Å². The van der Waals surface area contributed by atoms with Crippen molar-refractivity contribution in [3.63, 3.8) is 0 Å². The Morgan fingerprint density at radius 2 is 2.11 bits per heavy atom. The third-order valence-corrected chi connectivity index (χ3v) is 4.62. The van der Waals surface area contributed by atoms with Gasteiger partial charge in [0.2, 0.25) is 5.91 Å². The largest absolute Gasteiger partial charge is 0.368 e. The Bertz CT molecular complexity index is 315. The molecule has 0 spiro atoms. The second kappa shape index (κ2) is 6.20. The molecular weight excluding hydrogens is 240 g/mol. The molecule has 1 aliphatic carbocycles. The lowest BCUT2D eigenvalue weighted by atomic mass is 9.98. The molecule has 110 valence electrons. The van der Waals surface area contributed by atoms with Crippen LogP contribution in [0, 0.1) is 0 Å². The minimum atomic E-state index is -0.490. The summed E-state index contributed by atoms with van der Waals surface area (Å²) in [5.41, 5.74) is 5.17. The molecule has 0 aromatic heterocycles. The number of nitrogens with one attached hydrogen (secondary N) is 1. The third kappa shape index (κ3) is 3.46. The quantitative estimate of drug-likeness (QED) is 0.651. The smallest absolute Gasteiger partial charge is 0.239 e. The highest BCUT2D eigenvalue weighted by atomic mass is 16.1. The number of carbonyl (C=O) groups is 1. The molecule has 1 aliphatic heterocycles. The van der Waals surface area contributed by atoms with Gasteiger partial charge in [0.1, 0.15) is 5.54 Å². The van der Waals surface area contributed by atoms with E-state index in [2.05, 4.69) is 29.0 Å². The first-order valence-corrected chi connectivity index (χ1v) is 7.62. The van der Waals surface area contributed by atoms with Gasteiger partial charge in [-0.2, -0.15) is 0 Å². The first kappa shape index (κ1) is 14.8. The molecule has 2 fully saturated rings. The fourth-order valence-electron chi connectivity index (χ4n) is 3.02. The van der Waals surface area contributed by atoms with Crippen LogP contribution < -0.4 is 11.1 Å². The number of nitrogens with two attached hydrogens (primary N) is 1. The maximum atomic E-state index is 11.8. The van der Waals surface area contributed by atoms with E-state index in [-0.39, 0.29) is 5.91 Å². The van der Waals surface area contributed by atoms with Crippen LogP contribution >= 0.6 is 0 Å². The van der Waals surface area contributed by atoms with Crippen molar-refractivity contribution in [1.29, 1.82) is 0 Å². The highest BCUT2D eigenvalue weighted by molar-refractivity contribution is 5.85. The van der Waals surface area contributed by atoms with Crippen LogP contribution in [0.4, 0.5) is 0 Å². The van der Waals surface area contributed by atoms with E-state index >= 15 is 0 Å². The predicted molar refractivity (Wildman–Crippen MR) is 76.9 cm³/mol. The molecule has 0 aromatic rings. The summed E-state index contributed by atoms with van der Waals surface area (Å²) in [7, 11) is 0. The van der Waals surface area contributed by atoms with Gasteiger partial charge >= 0.3 is 0 Å². The van der Waals surface area contributed by atoms with Crippen LogP contribution in [0.1, 0.15) is 33.1 Å². The molecule has 0 radical (unpaired) electrons. The van der Waals surface area contributed by atoms with Gasteiger partial charge in [-0.25, -0.2) is 0 Å². The average Bonchev–Trinajstić information content (AvgIpc) is 3.16. The minimum absolute atomic E-state index is 0.185. The molecule has 2 rings (SSSR count). The van der Waals surface area contributed by atoms with E-state index in [9.17, 15) is 4.79 Å². The fraction of sp³-hybridized carbons (Fsp3) is 0.929. The Hall–Kier alpha value is -0.650. The maximum Gasteiger partial charge on any atom is 0.239 e. The Balaban J connectivity index is 1.84. The lowest BCUT2D eigenvalue weighted by molar-refractivity contribution is -0.124. The van der Waals surface area contributed by atoms with Gasteiger partial charge in [-0.3, -0.25) is 9.69 Å². The summed E-state index contributed by atoms with van der Waals surface area (Å²) in [5.74, 6) is -0.185. The standard InChI is InChI=1S/C14H28N4O/c1-3-17(4-2)10-8-16-14(13(15)19)7-9-18(11-14)12-5-6-12/h12,16H,3-11H2,1-2H3,(H2,15,19). The SMILES string of the molecule is CCN(CC)CCNC1(C(N)=O)CCN(C2CC2)C1. The van der Waals surface area contributed by atoms with Crippen LogP contribution in [-0.2, 0) is 4.79 Å². The molecular formula is C14H28N4O. The van der Waals surface area contributed by atoms with Gasteiger partial charge < -0.3 is 16.0 Å². The maximum absolute atomic E-state index is 11.8. The van der Waals surface area contributed by atoms with Crippen molar-refractivity contribution in [2.75, 3.05) is 39.3 Å². The number of nitrogens with zero attached hydrogens (tertiary/aromatic N) is 2. The first-order valence-electron chi connectivity index (χ1n) is 7.62. The highest BCUT2D eigenvalue weighted by Gasteiger charge is 2.46. The van der Waals surface area contributed by atoms with Crippen LogP contribution in [0.2, 0.25) is 0 Å². The number of carbonyl (C=O) groups excluding carboxylic acids is 1. The van der Waals surface area contributed by atoms with Gasteiger partial charge in [-0.15, -0.1) is 0 Å². The third-order valence-electron chi connectivity index (χ3n) is 4.62. The van der Waals surface area contributed by atoms with Crippen molar-refractivity contribution in [3.8, 4) is 0 Å². The van der Waals surface area contributed by atoms with Crippen LogP contribution in [0.25, 0.3) is 0 Å². The van der Waals surface area contributed by atoms with Crippen LogP contribution in [0.15, 0.2) is 0 Å². The molecule has 1 unspecified atom stereocenters. The molecule has 3 N–H and O–H groups in total. The van der Waals surface area contributed by atoms with E-state index in [1.807, 2.05) is 0 Å². The Morgan fingerprint density at radius 3 is 2.63 bits per heavy atom. The van der Waals surface area contributed by atoms with E-state index in [4.69, 9.17) is 5.73 Å². The van der Waals surface area contributed by atoms with E-state index in [1.54, 1.807) is 0 Å². The topological polar surface area (TPSA) is 61.6 Å². The van der Waals surface area contributed by atoms with Gasteiger partial charge in [0.25, 0.3) is 0 Å². The zero-order valence-electron chi connectivity index (χ0n) is 12.3. The second-order valence-electron chi connectivity index (χ2n) is 5.85. The van der Waals surface area contributed by atoms with Crippen LogP contribution in [-0.4, -0.2) is 66.6 Å². The Labute approximate surface area is 116 Å². The van der Waals surface area contributed by atoms with Crippen molar-refractivity contribution < 1.29 is 4.79 Å². The molecule has 1 saturated carbocycles. The molecule has 1 heterocycles. The molecule has 5 nitrogen and oxygen atoms in total. The minimum Gasteiger partial charge on any atom is -0.368 e. The number of likely N-dealkylation sites (N-methyl/N-ethyl adjacent to an activating group) is 1. The summed E-state index contributed by atoms with van der Waals surface area (Å²) < 4.78 is 0. The van der Waals surface area contributed by atoms with Gasteiger partial charge in [-0.1, -0.05) is 13.8 Å². The number of primary amides is 1. The summed E-state index contributed by atoms with van der Waals surface area (Å²) in [6.45, 7) is 10.0. The molecule has 1 saturated heterocycles. The van der Waals surface area contributed by atoms with Crippen molar-refractivity contribution in [3.05, 3.63) is 0 Å². The first-order chi connectivity index (χ1) is 9.11. The highest BCUT2D eigenvalue weighted by Crippen LogP contribution is 2.33. The van der Waals surface area contributed by atoms with Crippen molar-refractivity contribution in [1.82, 2.24) is 15.1 Å². The molecule has 1 atom stereocenters. The fourth-order valence-corrected chi connectivity index (χ4v) is 3.02. The number of hydrogen-bond donors (Lipinski definition) is 2. The molecule has 0 aromatic carbocycles. The average molecular weight is 268 g/mol. The molecule has 0 bridgehead atoms. The van der Waals surface area contributed by atoms with Gasteiger partial charge in [0.15, 0.2) is 0 Å². The zero-order chi connectivity index (χ0) is 13.9. The predicted octanol–water partition coefficient (Wildman–Crippen LogP) is 0.0100. The van der Waals surface area contributed by atoms with Crippen molar-refractivity contribution in [2.45, 2.75) is 44.7 Å². The van der Waals surface area contributed by atoms with Gasteiger partial charge in [0, 0.05) is 32.2 Å². The molecule has 2 aliphatic rings. The summed E-state index contributed by atoms with van der Waals surface area (Å²) in [6.07, 6.45) is 3.43. The number of hydrogen-bond acceptors (Lipinski definition) is 4. The number of amides is 1. The lowest BCUT2D eigenvalue weighted by Crippen LogP contribution is -2.58. The van der Waals surface area contributed by atoms with Gasteiger partial charge in [-0.05, 0) is 32.4 Å². The van der Waals surface area contributed by atoms with E-state index in [1.165, 1.54) is 12.8 Å². The normalized spacial score (nSPS) is 28.2. The van der Waals surface area contributed by atoms with Gasteiger partial charge in [0.05, 0.1) is 0 Å². The molecule has 5 heteroatoms. The summed E-state index contributed by atoms with van der Waals surface area (Å²) >= 11 is 0. The molecule has 1 amide bonds. The Morgan fingerprint density at radius 1 is 1.42 bits per heavy atom. The summed E-state index contributed by atoms with van der Waals surface area (Å²) in [6, 6.07) is 0.714. The number of rotatable bonds is 8. The van der Waals surface area contributed by atoms with E-state index in [0.29, 0.717) is 6.04 Å². The Kier molecular flexibility index (Phi) is 4.81. The zero-order valence-corrected chi connectivity index (χ0v) is 12.3. The van der Waals surface area contributed by atoms with Crippen molar-refractivity contribution >= 4 is 5.91 Å². The van der Waals surface area contributed by atoms with Crippen LogP contribution in [0.3, 0.4) is 0 Å². The molecule has 19 heavy (non-hydrogen) atoms. The van der Waals surface area contributed by atoms with E-state index in [0.717, 1.165) is 45.7 Å². The lowest BCUT2D eigenvalue weighted by Gasteiger charge is -2.29. The summed E-state index contributed by atoms with van der Waals surface area (Å²) in [4.78, 5) is 16.6. The monoisotopic (exact) mass is 268 g/mol. The van der Waals surface area contributed by atoms with Crippen molar-refractivity contribution in [2.24, 2.45) is 5.73 Å². The number of likely N-dealkylation sites (tertiary alicyclic amines) is 1. The van der Waals surface area contributed by atoms with E-state index < -0.39 is 5.54 Å².